The van der Waals surface area contributed by atoms with E-state index in [1.807, 2.05) is 21.9 Å². The number of carbonyl (C=O) groups is 2. The third-order valence-corrected chi connectivity index (χ3v) is 7.41. The SMILES string of the molecule is O=C(CCSCCC(=O)N1CCN(c2ccccc2)CC1)N1CCN(c2ccccc2)CC1. The van der Waals surface area contributed by atoms with Crippen LogP contribution >= 0.6 is 11.8 Å². The summed E-state index contributed by atoms with van der Waals surface area (Å²) in [5.74, 6) is 2.04. The molecular formula is C26H34N4O2S. The molecule has 2 aliphatic heterocycles. The zero-order valence-electron chi connectivity index (χ0n) is 19.3. The van der Waals surface area contributed by atoms with Gasteiger partial charge in [-0.1, -0.05) is 36.4 Å². The lowest BCUT2D eigenvalue weighted by Gasteiger charge is -2.36. The van der Waals surface area contributed by atoms with Crippen LogP contribution < -0.4 is 9.80 Å². The molecule has 2 fully saturated rings. The molecule has 2 saturated heterocycles. The molecule has 2 aromatic rings. The van der Waals surface area contributed by atoms with Gasteiger partial charge in [0.25, 0.3) is 0 Å². The number of hydrogen-bond donors (Lipinski definition) is 0. The lowest BCUT2D eigenvalue weighted by molar-refractivity contribution is -0.131. The number of rotatable bonds is 8. The van der Waals surface area contributed by atoms with Crippen molar-refractivity contribution < 1.29 is 9.59 Å². The maximum absolute atomic E-state index is 12.5. The lowest BCUT2D eigenvalue weighted by Crippen LogP contribution is -2.49. The van der Waals surface area contributed by atoms with Gasteiger partial charge in [0.15, 0.2) is 0 Å². The number of benzene rings is 2. The van der Waals surface area contributed by atoms with Crippen molar-refractivity contribution in [2.45, 2.75) is 12.8 Å². The van der Waals surface area contributed by atoms with Crippen LogP contribution in [-0.2, 0) is 9.59 Å². The first kappa shape index (κ1) is 23.5. The lowest BCUT2D eigenvalue weighted by atomic mass is 10.2. The van der Waals surface area contributed by atoms with Gasteiger partial charge in [0.05, 0.1) is 0 Å². The second kappa shape index (κ2) is 12.0. The van der Waals surface area contributed by atoms with E-state index in [0.717, 1.165) is 63.9 Å². The van der Waals surface area contributed by atoms with Gasteiger partial charge in [-0.05, 0) is 24.3 Å². The quantitative estimate of drug-likeness (QED) is 0.559. The molecule has 0 N–H and O–H groups in total. The third kappa shape index (κ3) is 6.67. The van der Waals surface area contributed by atoms with Crippen LogP contribution in [0.15, 0.2) is 60.7 Å². The molecule has 0 aliphatic carbocycles. The van der Waals surface area contributed by atoms with Crippen molar-refractivity contribution in [1.82, 2.24) is 9.80 Å². The molecule has 0 atom stereocenters. The number of piperazine rings is 2. The highest BCUT2D eigenvalue weighted by atomic mass is 32.2. The van der Waals surface area contributed by atoms with Crippen molar-refractivity contribution in [3.8, 4) is 0 Å². The minimum Gasteiger partial charge on any atom is -0.368 e. The van der Waals surface area contributed by atoms with Gasteiger partial charge in [0, 0.05) is 88.1 Å². The molecule has 0 unspecified atom stereocenters. The summed E-state index contributed by atoms with van der Waals surface area (Å²) in [4.78, 5) is 33.7. The van der Waals surface area contributed by atoms with Gasteiger partial charge in [0.1, 0.15) is 0 Å². The number of carbonyl (C=O) groups excluding carboxylic acids is 2. The van der Waals surface area contributed by atoms with Gasteiger partial charge in [-0.2, -0.15) is 11.8 Å². The molecular weight excluding hydrogens is 432 g/mol. The van der Waals surface area contributed by atoms with E-state index in [0.29, 0.717) is 12.8 Å². The van der Waals surface area contributed by atoms with Crippen molar-refractivity contribution >= 4 is 35.0 Å². The molecule has 2 aliphatic rings. The molecule has 0 saturated carbocycles. The van der Waals surface area contributed by atoms with Crippen molar-refractivity contribution in [3.05, 3.63) is 60.7 Å². The highest BCUT2D eigenvalue weighted by Crippen LogP contribution is 2.18. The summed E-state index contributed by atoms with van der Waals surface area (Å²) in [6.45, 7) is 6.67. The van der Waals surface area contributed by atoms with Crippen LogP contribution in [0, 0.1) is 0 Å². The molecule has 176 valence electrons. The molecule has 2 amide bonds. The Balaban J connectivity index is 1.07. The van der Waals surface area contributed by atoms with Crippen LogP contribution in [0.2, 0.25) is 0 Å². The van der Waals surface area contributed by atoms with Gasteiger partial charge in [-0.15, -0.1) is 0 Å². The van der Waals surface area contributed by atoms with Crippen LogP contribution in [0.25, 0.3) is 0 Å². The summed E-state index contributed by atoms with van der Waals surface area (Å²) in [6.07, 6.45) is 1.11. The Morgan fingerprint density at radius 1 is 0.576 bits per heavy atom. The van der Waals surface area contributed by atoms with E-state index in [1.165, 1.54) is 11.4 Å². The number of amides is 2. The van der Waals surface area contributed by atoms with E-state index < -0.39 is 0 Å². The van der Waals surface area contributed by atoms with E-state index in [9.17, 15) is 9.59 Å². The Morgan fingerprint density at radius 3 is 1.30 bits per heavy atom. The Kier molecular flexibility index (Phi) is 8.53. The molecule has 7 heteroatoms. The van der Waals surface area contributed by atoms with Crippen molar-refractivity contribution in [2.24, 2.45) is 0 Å². The first-order chi connectivity index (χ1) is 16.2. The van der Waals surface area contributed by atoms with Gasteiger partial charge in [0.2, 0.25) is 11.8 Å². The van der Waals surface area contributed by atoms with Crippen LogP contribution in [0.5, 0.6) is 0 Å². The predicted molar refractivity (Wildman–Crippen MR) is 137 cm³/mol. The Labute approximate surface area is 201 Å². The van der Waals surface area contributed by atoms with Crippen molar-refractivity contribution in [1.29, 1.82) is 0 Å². The van der Waals surface area contributed by atoms with Crippen LogP contribution in [0.1, 0.15) is 12.8 Å². The van der Waals surface area contributed by atoms with E-state index in [1.54, 1.807) is 11.8 Å². The average molecular weight is 467 g/mol. The normalized spacial score (nSPS) is 16.7. The van der Waals surface area contributed by atoms with Crippen LogP contribution in [-0.4, -0.2) is 85.5 Å². The second-order valence-corrected chi connectivity index (χ2v) is 9.74. The summed E-state index contributed by atoms with van der Waals surface area (Å²) in [7, 11) is 0. The monoisotopic (exact) mass is 466 g/mol. The van der Waals surface area contributed by atoms with E-state index >= 15 is 0 Å². The maximum Gasteiger partial charge on any atom is 0.223 e. The Bertz CT molecular complexity index is 806. The third-order valence-electron chi connectivity index (χ3n) is 6.43. The maximum atomic E-state index is 12.5. The van der Waals surface area contributed by atoms with Crippen LogP contribution in [0.3, 0.4) is 0 Å². The average Bonchev–Trinajstić information content (AvgIpc) is 2.89. The highest BCUT2D eigenvalue weighted by molar-refractivity contribution is 7.99. The fourth-order valence-corrected chi connectivity index (χ4v) is 5.29. The van der Waals surface area contributed by atoms with Gasteiger partial charge >= 0.3 is 0 Å². The number of hydrogen-bond acceptors (Lipinski definition) is 5. The van der Waals surface area contributed by atoms with Crippen molar-refractivity contribution in [2.75, 3.05) is 73.7 Å². The largest absolute Gasteiger partial charge is 0.368 e. The number of thioether (sulfide) groups is 1. The fraction of sp³-hybridized carbons (Fsp3) is 0.462. The highest BCUT2D eigenvalue weighted by Gasteiger charge is 2.22. The zero-order valence-corrected chi connectivity index (χ0v) is 20.1. The van der Waals surface area contributed by atoms with Gasteiger partial charge in [-0.25, -0.2) is 0 Å². The van der Waals surface area contributed by atoms with Crippen LogP contribution in [0.4, 0.5) is 11.4 Å². The molecule has 0 aromatic heterocycles. The molecule has 0 spiro atoms. The smallest absolute Gasteiger partial charge is 0.223 e. The Hall–Kier alpha value is -2.67. The summed E-state index contributed by atoms with van der Waals surface area (Å²) in [6, 6.07) is 20.8. The number of para-hydroxylation sites is 2. The zero-order chi connectivity index (χ0) is 22.9. The molecule has 33 heavy (non-hydrogen) atoms. The second-order valence-electron chi connectivity index (χ2n) is 8.52. The van der Waals surface area contributed by atoms with E-state index in [-0.39, 0.29) is 11.8 Å². The van der Waals surface area contributed by atoms with Gasteiger partial charge in [-0.3, -0.25) is 9.59 Å². The molecule has 2 aromatic carbocycles. The summed E-state index contributed by atoms with van der Waals surface area (Å²) < 4.78 is 0. The summed E-state index contributed by atoms with van der Waals surface area (Å²) >= 11 is 1.72. The summed E-state index contributed by atoms with van der Waals surface area (Å²) in [5, 5.41) is 0. The molecule has 4 rings (SSSR count). The van der Waals surface area contributed by atoms with E-state index in [4.69, 9.17) is 0 Å². The van der Waals surface area contributed by atoms with Crippen molar-refractivity contribution in [3.63, 3.8) is 0 Å². The van der Waals surface area contributed by atoms with Gasteiger partial charge < -0.3 is 19.6 Å². The Morgan fingerprint density at radius 2 is 0.939 bits per heavy atom. The minimum absolute atomic E-state index is 0.235. The predicted octanol–water partition coefficient (Wildman–Crippen LogP) is 3.20. The minimum atomic E-state index is 0.235. The molecule has 0 bridgehead atoms. The summed E-state index contributed by atoms with van der Waals surface area (Å²) in [5.41, 5.74) is 2.46. The molecule has 0 radical (unpaired) electrons. The first-order valence-corrected chi connectivity index (χ1v) is 13.1. The topological polar surface area (TPSA) is 47.1 Å². The van der Waals surface area contributed by atoms with E-state index in [2.05, 4.69) is 58.3 Å². The number of anilines is 2. The first-order valence-electron chi connectivity index (χ1n) is 11.9. The molecule has 6 nitrogen and oxygen atoms in total. The fourth-order valence-electron chi connectivity index (χ4n) is 4.44. The standard InChI is InChI=1S/C26H34N4O2S/c31-25(29-17-13-27(14-18-29)23-7-3-1-4-8-23)11-21-33-22-12-26(32)30-19-15-28(16-20-30)24-9-5-2-6-10-24/h1-10H,11-22H2. The number of nitrogens with zero attached hydrogens (tertiary/aromatic N) is 4. The molecule has 2 heterocycles.